The summed E-state index contributed by atoms with van der Waals surface area (Å²) in [5.41, 5.74) is -0.325. The van der Waals surface area contributed by atoms with Gasteiger partial charge < -0.3 is 14.7 Å². The van der Waals surface area contributed by atoms with Crippen LogP contribution in [0, 0.1) is 23.2 Å². The number of hydrogen-bond acceptors (Lipinski definition) is 3. The minimum atomic E-state index is -0.746. The van der Waals surface area contributed by atoms with E-state index < -0.39 is 5.97 Å². The quantitative estimate of drug-likeness (QED) is 0.844. The highest BCUT2D eigenvalue weighted by Crippen LogP contribution is 2.35. The number of nitrogens with zero attached hydrogens (tertiary/aromatic N) is 1. The van der Waals surface area contributed by atoms with Gasteiger partial charge in [0.2, 0.25) is 5.91 Å². The highest BCUT2D eigenvalue weighted by molar-refractivity contribution is 5.82. The Hall–Kier alpha value is -1.10. The Morgan fingerprint density at radius 3 is 2.35 bits per heavy atom. The van der Waals surface area contributed by atoms with Crippen LogP contribution in [0.4, 0.5) is 0 Å². The molecule has 0 aliphatic carbocycles. The summed E-state index contributed by atoms with van der Waals surface area (Å²) in [6.07, 6.45) is 3.02. The molecular weight excluding hydrogens is 294 g/mol. The van der Waals surface area contributed by atoms with Gasteiger partial charge in [0.25, 0.3) is 0 Å². The number of likely N-dealkylation sites (tertiary alicyclic amines) is 1. The maximum Gasteiger partial charge on any atom is 0.309 e. The molecule has 1 amide bonds. The van der Waals surface area contributed by atoms with Gasteiger partial charge in [0, 0.05) is 25.1 Å². The van der Waals surface area contributed by atoms with Gasteiger partial charge in [0.15, 0.2) is 0 Å². The van der Waals surface area contributed by atoms with Crippen molar-refractivity contribution in [2.75, 3.05) is 19.7 Å². The summed E-state index contributed by atoms with van der Waals surface area (Å²) >= 11 is 0. The van der Waals surface area contributed by atoms with E-state index in [1.807, 2.05) is 18.7 Å². The summed E-state index contributed by atoms with van der Waals surface area (Å²) in [6.45, 7) is 10.3. The molecule has 2 fully saturated rings. The maximum absolute atomic E-state index is 12.8. The summed E-state index contributed by atoms with van der Waals surface area (Å²) < 4.78 is 5.70. The van der Waals surface area contributed by atoms with Crippen molar-refractivity contribution < 1.29 is 19.4 Å². The Morgan fingerprint density at radius 2 is 1.83 bits per heavy atom. The number of carboxylic acids is 1. The topological polar surface area (TPSA) is 66.8 Å². The van der Waals surface area contributed by atoms with Crippen LogP contribution in [0.15, 0.2) is 0 Å². The summed E-state index contributed by atoms with van der Waals surface area (Å²) in [5, 5.41) is 9.30. The fourth-order valence-electron chi connectivity index (χ4n) is 4.31. The lowest BCUT2D eigenvalue weighted by molar-refractivity contribution is -0.147. The first-order valence-corrected chi connectivity index (χ1v) is 8.86. The second-order valence-electron chi connectivity index (χ2n) is 8.18. The van der Waals surface area contributed by atoms with Crippen LogP contribution in [0.5, 0.6) is 0 Å². The van der Waals surface area contributed by atoms with Crippen molar-refractivity contribution in [2.45, 2.75) is 59.5 Å². The molecule has 2 atom stereocenters. The first kappa shape index (κ1) is 18.2. The Bertz CT molecular complexity index is 438. The molecule has 1 N–H and O–H groups in total. The van der Waals surface area contributed by atoms with Gasteiger partial charge in [-0.05, 0) is 37.5 Å². The van der Waals surface area contributed by atoms with Gasteiger partial charge in [0.1, 0.15) is 0 Å². The Balaban J connectivity index is 1.91. The number of amides is 1. The minimum absolute atomic E-state index is 0.173. The highest BCUT2D eigenvalue weighted by Gasteiger charge is 2.42. The van der Waals surface area contributed by atoms with Crippen LogP contribution < -0.4 is 0 Å². The van der Waals surface area contributed by atoms with Gasteiger partial charge in [-0.2, -0.15) is 0 Å². The third kappa shape index (κ3) is 4.25. The minimum Gasteiger partial charge on any atom is -0.481 e. The number of carboxylic acid groups (broad SMARTS) is 1. The number of aliphatic carboxylic acids is 1. The SMILES string of the molecule is CC(C)CC(C)(C)C(=O)N1CCC([C@@H]2OCCC2C(=O)O)CC1. The van der Waals surface area contributed by atoms with Gasteiger partial charge in [-0.1, -0.05) is 27.7 Å². The van der Waals surface area contributed by atoms with Crippen LogP contribution in [0.1, 0.15) is 53.4 Å². The molecule has 0 aromatic heterocycles. The lowest BCUT2D eigenvalue weighted by Gasteiger charge is -2.39. The summed E-state index contributed by atoms with van der Waals surface area (Å²) in [4.78, 5) is 26.0. The molecule has 1 unspecified atom stereocenters. The van der Waals surface area contributed by atoms with Crippen molar-refractivity contribution in [1.29, 1.82) is 0 Å². The second-order valence-corrected chi connectivity index (χ2v) is 8.18. The predicted octanol–water partition coefficient (Wildman–Crippen LogP) is 2.79. The van der Waals surface area contributed by atoms with Crippen LogP contribution >= 0.6 is 0 Å². The fraction of sp³-hybridized carbons (Fsp3) is 0.889. The van der Waals surface area contributed by atoms with E-state index in [1.165, 1.54) is 0 Å². The molecule has 5 heteroatoms. The first-order chi connectivity index (χ1) is 10.7. The van der Waals surface area contributed by atoms with E-state index in [-0.39, 0.29) is 29.3 Å². The number of rotatable bonds is 5. The molecule has 0 spiro atoms. The molecule has 2 saturated heterocycles. The van der Waals surface area contributed by atoms with Crippen molar-refractivity contribution in [3.05, 3.63) is 0 Å². The van der Waals surface area contributed by atoms with Crippen molar-refractivity contribution in [1.82, 2.24) is 4.90 Å². The molecular formula is C18H31NO4. The largest absolute Gasteiger partial charge is 0.481 e. The number of piperidine rings is 1. The predicted molar refractivity (Wildman–Crippen MR) is 88.0 cm³/mol. The van der Waals surface area contributed by atoms with E-state index in [9.17, 15) is 14.7 Å². The molecule has 2 aliphatic rings. The van der Waals surface area contributed by atoms with Crippen LogP contribution in [-0.4, -0.2) is 47.7 Å². The third-order valence-corrected chi connectivity index (χ3v) is 5.24. The Labute approximate surface area is 139 Å². The Kier molecular flexibility index (Phi) is 5.71. The monoisotopic (exact) mass is 325 g/mol. The van der Waals surface area contributed by atoms with E-state index >= 15 is 0 Å². The van der Waals surface area contributed by atoms with Crippen LogP contribution in [-0.2, 0) is 14.3 Å². The smallest absolute Gasteiger partial charge is 0.309 e. The Morgan fingerprint density at radius 1 is 1.22 bits per heavy atom. The fourth-order valence-corrected chi connectivity index (χ4v) is 4.31. The molecule has 0 saturated carbocycles. The van der Waals surface area contributed by atoms with Crippen molar-refractivity contribution in [3.8, 4) is 0 Å². The second kappa shape index (κ2) is 7.20. The molecule has 23 heavy (non-hydrogen) atoms. The van der Waals surface area contributed by atoms with Crippen LogP contribution in [0.3, 0.4) is 0 Å². The molecule has 0 bridgehead atoms. The highest BCUT2D eigenvalue weighted by atomic mass is 16.5. The van der Waals surface area contributed by atoms with Gasteiger partial charge in [-0.3, -0.25) is 9.59 Å². The lowest BCUT2D eigenvalue weighted by Crippen LogP contribution is -2.47. The van der Waals surface area contributed by atoms with Gasteiger partial charge in [0.05, 0.1) is 12.0 Å². The summed E-state index contributed by atoms with van der Waals surface area (Å²) in [5.74, 6) is -0.138. The van der Waals surface area contributed by atoms with Crippen LogP contribution in [0.2, 0.25) is 0 Å². The zero-order valence-electron chi connectivity index (χ0n) is 14.9. The third-order valence-electron chi connectivity index (χ3n) is 5.24. The molecule has 132 valence electrons. The zero-order chi connectivity index (χ0) is 17.2. The average Bonchev–Trinajstić information content (AvgIpc) is 2.95. The van der Waals surface area contributed by atoms with Gasteiger partial charge in [-0.25, -0.2) is 0 Å². The number of ether oxygens (including phenoxy) is 1. The van der Waals surface area contributed by atoms with Gasteiger partial charge >= 0.3 is 5.97 Å². The number of carbonyl (C=O) groups excluding carboxylic acids is 1. The van der Waals surface area contributed by atoms with E-state index in [2.05, 4.69) is 13.8 Å². The normalized spacial score (nSPS) is 26.7. The van der Waals surface area contributed by atoms with Crippen molar-refractivity contribution >= 4 is 11.9 Å². The number of hydrogen-bond donors (Lipinski definition) is 1. The average molecular weight is 325 g/mol. The molecule has 0 aromatic rings. The van der Waals surface area contributed by atoms with E-state index in [0.717, 1.165) is 32.4 Å². The zero-order valence-corrected chi connectivity index (χ0v) is 14.9. The first-order valence-electron chi connectivity index (χ1n) is 8.86. The molecule has 5 nitrogen and oxygen atoms in total. The molecule has 0 aromatic carbocycles. The van der Waals surface area contributed by atoms with Crippen molar-refractivity contribution in [2.24, 2.45) is 23.2 Å². The van der Waals surface area contributed by atoms with E-state index in [1.54, 1.807) is 0 Å². The van der Waals surface area contributed by atoms with E-state index in [0.29, 0.717) is 18.9 Å². The summed E-state index contributed by atoms with van der Waals surface area (Å²) in [6, 6.07) is 0. The molecule has 2 heterocycles. The van der Waals surface area contributed by atoms with Crippen LogP contribution in [0.25, 0.3) is 0 Å². The summed E-state index contributed by atoms with van der Waals surface area (Å²) in [7, 11) is 0. The molecule has 0 radical (unpaired) electrons. The lowest BCUT2D eigenvalue weighted by atomic mass is 9.80. The van der Waals surface area contributed by atoms with E-state index in [4.69, 9.17) is 4.74 Å². The number of carbonyl (C=O) groups is 2. The standard InChI is InChI=1S/C18H31NO4/c1-12(2)11-18(3,4)17(22)19-8-5-13(6-9-19)15-14(16(20)21)7-10-23-15/h12-15H,5-11H2,1-4H3,(H,20,21)/t14?,15-/m0/s1. The maximum atomic E-state index is 12.8. The molecule has 2 aliphatic heterocycles. The molecule has 2 rings (SSSR count). The van der Waals surface area contributed by atoms with Gasteiger partial charge in [-0.15, -0.1) is 0 Å². The van der Waals surface area contributed by atoms with Crippen molar-refractivity contribution in [3.63, 3.8) is 0 Å².